The lowest BCUT2D eigenvalue weighted by atomic mass is 9.97. The third-order valence-corrected chi connectivity index (χ3v) is 5.61. The molecule has 7 heteroatoms. The number of amides is 1. The number of aryl methyl sites for hydroxylation is 1. The van der Waals surface area contributed by atoms with E-state index in [9.17, 15) is 13.6 Å². The first-order valence-electron chi connectivity index (χ1n) is 9.16. The van der Waals surface area contributed by atoms with Crippen molar-refractivity contribution in [3.05, 3.63) is 53.9 Å². The van der Waals surface area contributed by atoms with Crippen LogP contribution in [-0.4, -0.2) is 38.7 Å². The van der Waals surface area contributed by atoms with Gasteiger partial charge in [0.1, 0.15) is 0 Å². The average molecular weight is 372 g/mol. The predicted octanol–water partition coefficient (Wildman–Crippen LogP) is 3.35. The van der Waals surface area contributed by atoms with E-state index >= 15 is 0 Å². The summed E-state index contributed by atoms with van der Waals surface area (Å²) in [5.41, 5.74) is 2.65. The quantitative estimate of drug-likeness (QED) is 0.896. The van der Waals surface area contributed by atoms with Gasteiger partial charge in [-0.3, -0.25) is 14.4 Å². The monoisotopic (exact) mass is 372 g/mol. The van der Waals surface area contributed by atoms with Crippen molar-refractivity contribution in [1.82, 2.24) is 14.7 Å². The lowest BCUT2D eigenvalue weighted by Gasteiger charge is -2.37. The van der Waals surface area contributed by atoms with Crippen molar-refractivity contribution < 1.29 is 13.6 Å². The molecule has 2 aromatic rings. The summed E-state index contributed by atoms with van der Waals surface area (Å²) >= 11 is 0. The Morgan fingerprint density at radius 2 is 2.07 bits per heavy atom. The zero-order valence-electron chi connectivity index (χ0n) is 15.3. The van der Waals surface area contributed by atoms with Crippen molar-refractivity contribution in [2.75, 3.05) is 5.32 Å². The second-order valence-corrected chi connectivity index (χ2v) is 7.28. The summed E-state index contributed by atoms with van der Waals surface area (Å²) in [6.45, 7) is 1.86. The van der Waals surface area contributed by atoms with Crippen LogP contribution in [0, 0.1) is 11.6 Å². The Labute approximate surface area is 156 Å². The van der Waals surface area contributed by atoms with Crippen LogP contribution in [0.1, 0.15) is 31.9 Å². The van der Waals surface area contributed by atoms with Crippen molar-refractivity contribution in [3.63, 3.8) is 0 Å². The molecule has 1 aromatic carbocycles. The Kier molecular flexibility index (Phi) is 4.55. The molecule has 3 unspecified atom stereocenters. The number of fused-ring (bicyclic) bond motifs is 2. The summed E-state index contributed by atoms with van der Waals surface area (Å²) in [6.07, 6.45) is 6.95. The van der Waals surface area contributed by atoms with Gasteiger partial charge < -0.3 is 5.32 Å². The number of hydrogen-bond donors (Lipinski definition) is 1. The highest BCUT2D eigenvalue weighted by molar-refractivity contribution is 5.94. The molecule has 0 aliphatic carbocycles. The van der Waals surface area contributed by atoms with Gasteiger partial charge in [0, 0.05) is 37.1 Å². The third kappa shape index (κ3) is 3.27. The standard InChI is InChI=1S/C20H22F2N4O/c1-12(20(27)24-14-3-6-17(21)18(22)11-14)26-15-4-5-16(26)10-13(9-15)19-7-8-23-25(19)2/h3,6-9,11-12,15-16H,4-5,10H2,1-2H3,(H,24,27). The molecule has 0 saturated carbocycles. The Morgan fingerprint density at radius 3 is 2.74 bits per heavy atom. The lowest BCUT2D eigenvalue weighted by Crippen LogP contribution is -2.49. The largest absolute Gasteiger partial charge is 0.325 e. The van der Waals surface area contributed by atoms with E-state index in [1.165, 1.54) is 11.6 Å². The molecule has 1 amide bonds. The molecule has 0 spiro atoms. The average Bonchev–Trinajstić information content (AvgIpc) is 3.18. The summed E-state index contributed by atoms with van der Waals surface area (Å²) in [7, 11) is 1.93. The molecular weight excluding hydrogens is 350 g/mol. The molecule has 3 atom stereocenters. The van der Waals surface area contributed by atoms with Gasteiger partial charge in [-0.1, -0.05) is 6.08 Å². The minimum Gasteiger partial charge on any atom is -0.325 e. The normalized spacial score (nSPS) is 23.2. The molecule has 2 bridgehead atoms. The lowest BCUT2D eigenvalue weighted by molar-refractivity contribution is -0.121. The maximum atomic E-state index is 13.4. The van der Waals surface area contributed by atoms with Gasteiger partial charge in [-0.05, 0) is 50.0 Å². The van der Waals surface area contributed by atoms with Crippen molar-refractivity contribution in [2.45, 2.75) is 44.3 Å². The Hall–Kier alpha value is -2.54. The summed E-state index contributed by atoms with van der Waals surface area (Å²) < 4.78 is 28.3. The smallest absolute Gasteiger partial charge is 0.241 e. The van der Waals surface area contributed by atoms with Crippen LogP contribution in [0.5, 0.6) is 0 Å². The SMILES string of the molecule is CC(C(=O)Nc1ccc(F)c(F)c1)N1C2C=C(c3ccnn3C)CC1CC2. The third-order valence-electron chi connectivity index (χ3n) is 5.61. The molecule has 2 aliphatic heterocycles. The van der Waals surface area contributed by atoms with Crippen LogP contribution < -0.4 is 5.32 Å². The minimum atomic E-state index is -0.970. The van der Waals surface area contributed by atoms with E-state index in [2.05, 4.69) is 21.4 Å². The van der Waals surface area contributed by atoms with E-state index in [0.717, 1.165) is 37.1 Å². The van der Waals surface area contributed by atoms with Gasteiger partial charge in [0.15, 0.2) is 11.6 Å². The van der Waals surface area contributed by atoms with Gasteiger partial charge in [-0.15, -0.1) is 0 Å². The molecular formula is C20H22F2N4O. The Bertz CT molecular complexity index is 907. The van der Waals surface area contributed by atoms with Crippen molar-refractivity contribution in [3.8, 4) is 0 Å². The first-order chi connectivity index (χ1) is 12.9. The molecule has 1 saturated heterocycles. The fourth-order valence-corrected chi connectivity index (χ4v) is 4.30. The van der Waals surface area contributed by atoms with Gasteiger partial charge in [-0.2, -0.15) is 5.10 Å². The number of hydrogen-bond acceptors (Lipinski definition) is 3. The number of rotatable bonds is 4. The number of carbonyl (C=O) groups excluding carboxylic acids is 1. The highest BCUT2D eigenvalue weighted by atomic mass is 19.2. The number of benzene rings is 1. The van der Waals surface area contributed by atoms with E-state index < -0.39 is 11.6 Å². The molecule has 4 rings (SSSR count). The molecule has 3 heterocycles. The number of nitrogens with one attached hydrogen (secondary N) is 1. The van der Waals surface area contributed by atoms with Gasteiger partial charge in [-0.25, -0.2) is 8.78 Å². The highest BCUT2D eigenvalue weighted by Crippen LogP contribution is 2.39. The molecule has 0 radical (unpaired) electrons. The van der Waals surface area contributed by atoms with Crippen LogP contribution in [0.4, 0.5) is 14.5 Å². The molecule has 1 aromatic heterocycles. The van der Waals surface area contributed by atoms with E-state index in [1.807, 2.05) is 24.7 Å². The fraction of sp³-hybridized carbons (Fsp3) is 0.400. The maximum Gasteiger partial charge on any atom is 0.241 e. The van der Waals surface area contributed by atoms with E-state index in [-0.39, 0.29) is 29.7 Å². The van der Waals surface area contributed by atoms with Crippen LogP contribution in [-0.2, 0) is 11.8 Å². The second kappa shape index (κ2) is 6.88. The summed E-state index contributed by atoms with van der Waals surface area (Å²) in [5, 5.41) is 6.95. The molecule has 1 N–H and O–H groups in total. The van der Waals surface area contributed by atoms with Gasteiger partial charge in [0.05, 0.1) is 11.7 Å². The first-order valence-corrected chi connectivity index (χ1v) is 9.16. The summed E-state index contributed by atoms with van der Waals surface area (Å²) in [6, 6.07) is 5.53. The van der Waals surface area contributed by atoms with Crippen LogP contribution in [0.15, 0.2) is 36.5 Å². The number of halogens is 2. The number of aromatic nitrogens is 2. The van der Waals surface area contributed by atoms with Gasteiger partial charge >= 0.3 is 0 Å². The molecule has 5 nitrogen and oxygen atoms in total. The topological polar surface area (TPSA) is 50.2 Å². The van der Waals surface area contributed by atoms with E-state index in [0.29, 0.717) is 0 Å². The number of nitrogens with zero attached hydrogens (tertiary/aromatic N) is 3. The van der Waals surface area contributed by atoms with Gasteiger partial charge in [0.25, 0.3) is 0 Å². The van der Waals surface area contributed by atoms with Crippen LogP contribution in [0.2, 0.25) is 0 Å². The number of carbonyl (C=O) groups is 1. The first kappa shape index (κ1) is 17.9. The zero-order chi connectivity index (χ0) is 19.1. The molecule has 2 aliphatic rings. The fourth-order valence-electron chi connectivity index (χ4n) is 4.30. The molecule has 27 heavy (non-hydrogen) atoms. The maximum absolute atomic E-state index is 13.4. The minimum absolute atomic E-state index is 0.194. The van der Waals surface area contributed by atoms with Crippen LogP contribution >= 0.6 is 0 Å². The van der Waals surface area contributed by atoms with E-state index in [4.69, 9.17) is 0 Å². The summed E-state index contributed by atoms with van der Waals surface area (Å²) in [4.78, 5) is 14.9. The van der Waals surface area contributed by atoms with Gasteiger partial charge in [0.2, 0.25) is 5.91 Å². The van der Waals surface area contributed by atoms with Crippen LogP contribution in [0.25, 0.3) is 5.57 Å². The number of anilines is 1. The zero-order valence-corrected chi connectivity index (χ0v) is 15.3. The summed E-state index contributed by atoms with van der Waals surface area (Å²) in [5.74, 6) is -2.11. The second-order valence-electron chi connectivity index (χ2n) is 7.28. The van der Waals surface area contributed by atoms with Crippen molar-refractivity contribution in [2.24, 2.45) is 7.05 Å². The predicted molar refractivity (Wildman–Crippen MR) is 98.9 cm³/mol. The van der Waals surface area contributed by atoms with Crippen LogP contribution in [0.3, 0.4) is 0 Å². The molecule has 1 fully saturated rings. The Balaban J connectivity index is 1.50. The van der Waals surface area contributed by atoms with Crippen molar-refractivity contribution >= 4 is 17.2 Å². The Morgan fingerprint density at radius 1 is 1.26 bits per heavy atom. The highest BCUT2D eigenvalue weighted by Gasteiger charge is 2.41. The van der Waals surface area contributed by atoms with Crippen molar-refractivity contribution in [1.29, 1.82) is 0 Å². The van der Waals surface area contributed by atoms with E-state index in [1.54, 1.807) is 6.20 Å². The molecule has 142 valence electrons.